The van der Waals surface area contributed by atoms with E-state index in [0.29, 0.717) is 12.1 Å². The Hall–Kier alpha value is -0.650. The first-order valence-electron chi connectivity index (χ1n) is 8.35. The third-order valence-electron chi connectivity index (χ3n) is 5.14. The summed E-state index contributed by atoms with van der Waals surface area (Å²) in [5, 5.41) is 4.68. The van der Waals surface area contributed by atoms with Crippen molar-refractivity contribution in [3.63, 3.8) is 0 Å². The van der Waals surface area contributed by atoms with Crippen molar-refractivity contribution in [2.75, 3.05) is 38.6 Å². The molecule has 1 aromatic heterocycles. The highest BCUT2D eigenvalue weighted by Gasteiger charge is 2.27. The van der Waals surface area contributed by atoms with Crippen LogP contribution in [0.2, 0.25) is 0 Å². The van der Waals surface area contributed by atoms with Gasteiger partial charge in [-0.1, -0.05) is 18.3 Å². The van der Waals surface area contributed by atoms with Gasteiger partial charge in [0.15, 0.2) is 5.13 Å². The van der Waals surface area contributed by atoms with Crippen molar-refractivity contribution in [1.82, 2.24) is 15.2 Å². The SMILES string of the molecule is CCN1CCC(N(C)c2nc3c(s2)C(NC)CCC3)CC1. The minimum Gasteiger partial charge on any atom is -0.348 e. The maximum Gasteiger partial charge on any atom is 0.185 e. The standard InChI is InChI=1S/C16H28N4S/c1-4-20-10-8-12(9-11-20)19(3)16-18-14-7-5-6-13(17-2)15(14)21-16/h12-13,17H,4-11H2,1-3H3. The molecule has 21 heavy (non-hydrogen) atoms. The molecule has 3 rings (SSSR count). The minimum atomic E-state index is 0.523. The Bertz CT molecular complexity index is 465. The van der Waals surface area contributed by atoms with E-state index >= 15 is 0 Å². The van der Waals surface area contributed by atoms with Crippen molar-refractivity contribution >= 4 is 16.5 Å². The Morgan fingerprint density at radius 2 is 2.10 bits per heavy atom. The molecule has 1 aliphatic carbocycles. The Labute approximate surface area is 132 Å². The number of nitrogens with one attached hydrogen (secondary N) is 1. The number of fused-ring (bicyclic) bond motifs is 1. The lowest BCUT2D eigenvalue weighted by Crippen LogP contribution is -2.43. The molecule has 2 aliphatic rings. The number of hydrogen-bond acceptors (Lipinski definition) is 5. The Morgan fingerprint density at radius 3 is 2.76 bits per heavy atom. The number of anilines is 1. The summed E-state index contributed by atoms with van der Waals surface area (Å²) in [4.78, 5) is 11.4. The zero-order valence-corrected chi connectivity index (χ0v) is 14.4. The second kappa shape index (κ2) is 6.63. The molecule has 1 aromatic rings. The lowest BCUT2D eigenvalue weighted by molar-refractivity contribution is 0.221. The predicted molar refractivity (Wildman–Crippen MR) is 90.4 cm³/mol. The van der Waals surface area contributed by atoms with Crippen molar-refractivity contribution in [2.24, 2.45) is 0 Å². The highest BCUT2D eigenvalue weighted by Crippen LogP contribution is 2.38. The zero-order chi connectivity index (χ0) is 14.8. The summed E-state index contributed by atoms with van der Waals surface area (Å²) in [5.74, 6) is 0. The molecule has 1 atom stereocenters. The quantitative estimate of drug-likeness (QED) is 0.926. The molecule has 1 saturated heterocycles. The van der Waals surface area contributed by atoms with Gasteiger partial charge in [-0.2, -0.15) is 0 Å². The van der Waals surface area contributed by atoms with E-state index in [9.17, 15) is 0 Å². The summed E-state index contributed by atoms with van der Waals surface area (Å²) in [6, 6.07) is 1.18. The van der Waals surface area contributed by atoms with E-state index in [-0.39, 0.29) is 0 Å². The average molecular weight is 308 g/mol. The molecule has 0 bridgehead atoms. The van der Waals surface area contributed by atoms with E-state index in [2.05, 4.69) is 36.1 Å². The van der Waals surface area contributed by atoms with Crippen LogP contribution in [0.4, 0.5) is 5.13 Å². The molecule has 0 aromatic carbocycles. The van der Waals surface area contributed by atoms with Gasteiger partial charge in [-0.05, 0) is 45.7 Å². The molecule has 0 amide bonds. The number of thiazole rings is 1. The number of rotatable bonds is 4. The Morgan fingerprint density at radius 1 is 1.33 bits per heavy atom. The zero-order valence-electron chi connectivity index (χ0n) is 13.6. The number of likely N-dealkylation sites (tertiary alicyclic amines) is 1. The number of aromatic nitrogens is 1. The summed E-state index contributed by atoms with van der Waals surface area (Å²) in [6.45, 7) is 5.91. The monoisotopic (exact) mass is 308 g/mol. The van der Waals surface area contributed by atoms with E-state index in [1.54, 1.807) is 0 Å². The molecule has 1 unspecified atom stereocenters. The highest BCUT2D eigenvalue weighted by molar-refractivity contribution is 7.15. The van der Waals surface area contributed by atoms with Crippen LogP contribution in [0.3, 0.4) is 0 Å². The van der Waals surface area contributed by atoms with E-state index in [1.165, 1.54) is 61.0 Å². The molecule has 0 radical (unpaired) electrons. The molecule has 2 heterocycles. The van der Waals surface area contributed by atoms with Gasteiger partial charge in [0.2, 0.25) is 0 Å². The van der Waals surface area contributed by atoms with Gasteiger partial charge in [-0.15, -0.1) is 0 Å². The number of hydrogen-bond donors (Lipinski definition) is 1. The Balaban J connectivity index is 1.71. The molecule has 1 fully saturated rings. The third-order valence-corrected chi connectivity index (χ3v) is 6.44. The Kier molecular flexibility index (Phi) is 4.82. The molecular formula is C16H28N4S. The fraction of sp³-hybridized carbons (Fsp3) is 0.812. The van der Waals surface area contributed by atoms with E-state index in [1.807, 2.05) is 11.3 Å². The summed E-state index contributed by atoms with van der Waals surface area (Å²) in [5.41, 5.74) is 1.35. The smallest absolute Gasteiger partial charge is 0.185 e. The second-order valence-corrected chi connectivity index (χ2v) is 7.33. The first-order valence-corrected chi connectivity index (χ1v) is 9.16. The van der Waals surface area contributed by atoms with Crippen LogP contribution in [0.5, 0.6) is 0 Å². The summed E-state index contributed by atoms with van der Waals surface area (Å²) in [7, 11) is 4.31. The van der Waals surface area contributed by atoms with Gasteiger partial charge in [-0.3, -0.25) is 0 Å². The lowest BCUT2D eigenvalue weighted by atomic mass is 9.98. The van der Waals surface area contributed by atoms with Crippen molar-refractivity contribution in [1.29, 1.82) is 0 Å². The van der Waals surface area contributed by atoms with Crippen LogP contribution >= 0.6 is 11.3 Å². The summed E-state index contributed by atoms with van der Waals surface area (Å²) in [6.07, 6.45) is 6.21. The molecule has 4 nitrogen and oxygen atoms in total. The van der Waals surface area contributed by atoms with Gasteiger partial charge in [0.1, 0.15) is 0 Å². The predicted octanol–water partition coefficient (Wildman–Crippen LogP) is 2.66. The summed E-state index contributed by atoms with van der Waals surface area (Å²) < 4.78 is 0. The minimum absolute atomic E-state index is 0.523. The van der Waals surface area contributed by atoms with Crippen LogP contribution in [0.25, 0.3) is 0 Å². The molecule has 0 saturated carbocycles. The van der Waals surface area contributed by atoms with Crippen LogP contribution in [-0.4, -0.2) is 49.7 Å². The number of aryl methyl sites for hydroxylation is 1. The summed E-state index contributed by atoms with van der Waals surface area (Å²) >= 11 is 1.92. The van der Waals surface area contributed by atoms with Gasteiger partial charge >= 0.3 is 0 Å². The molecule has 1 aliphatic heterocycles. The van der Waals surface area contributed by atoms with Crippen LogP contribution in [0.1, 0.15) is 49.2 Å². The maximum absolute atomic E-state index is 4.95. The first-order chi connectivity index (χ1) is 10.2. The van der Waals surface area contributed by atoms with Crippen LogP contribution in [0, 0.1) is 0 Å². The van der Waals surface area contributed by atoms with E-state index in [4.69, 9.17) is 4.98 Å². The molecule has 1 N–H and O–H groups in total. The van der Waals surface area contributed by atoms with Gasteiger partial charge in [-0.25, -0.2) is 4.98 Å². The van der Waals surface area contributed by atoms with Crippen molar-refractivity contribution in [3.05, 3.63) is 10.6 Å². The van der Waals surface area contributed by atoms with Crippen LogP contribution in [-0.2, 0) is 6.42 Å². The fourth-order valence-corrected chi connectivity index (χ4v) is 4.90. The fourth-order valence-electron chi connectivity index (χ4n) is 3.61. The second-order valence-electron chi connectivity index (χ2n) is 6.32. The van der Waals surface area contributed by atoms with Gasteiger partial charge < -0.3 is 15.1 Å². The third kappa shape index (κ3) is 3.10. The first kappa shape index (κ1) is 15.3. The average Bonchev–Trinajstić information content (AvgIpc) is 2.98. The van der Waals surface area contributed by atoms with Crippen LogP contribution < -0.4 is 10.2 Å². The van der Waals surface area contributed by atoms with Crippen molar-refractivity contribution in [3.8, 4) is 0 Å². The van der Waals surface area contributed by atoms with E-state index in [0.717, 1.165) is 6.42 Å². The molecule has 118 valence electrons. The van der Waals surface area contributed by atoms with E-state index < -0.39 is 0 Å². The van der Waals surface area contributed by atoms with Crippen LogP contribution in [0.15, 0.2) is 0 Å². The lowest BCUT2D eigenvalue weighted by Gasteiger charge is -2.36. The number of nitrogens with zero attached hydrogens (tertiary/aromatic N) is 3. The largest absolute Gasteiger partial charge is 0.348 e. The van der Waals surface area contributed by atoms with Gasteiger partial charge in [0, 0.05) is 37.1 Å². The topological polar surface area (TPSA) is 31.4 Å². The molecule has 0 spiro atoms. The maximum atomic E-state index is 4.95. The van der Waals surface area contributed by atoms with Crippen molar-refractivity contribution in [2.45, 2.75) is 51.1 Å². The molecular weight excluding hydrogens is 280 g/mol. The van der Waals surface area contributed by atoms with Gasteiger partial charge in [0.05, 0.1) is 5.69 Å². The number of piperidine rings is 1. The van der Waals surface area contributed by atoms with Crippen molar-refractivity contribution < 1.29 is 0 Å². The molecule has 5 heteroatoms. The normalized spacial score (nSPS) is 24.0. The highest BCUT2D eigenvalue weighted by atomic mass is 32.1. The van der Waals surface area contributed by atoms with Gasteiger partial charge in [0.25, 0.3) is 0 Å².